The van der Waals surface area contributed by atoms with Crippen LogP contribution in [0.1, 0.15) is 30.4 Å². The first-order valence-corrected chi connectivity index (χ1v) is 14.8. The number of aliphatic hydroxyl groups excluding tert-OH is 1. The number of nitrogens with two attached hydrogens (primary N) is 4. The van der Waals surface area contributed by atoms with E-state index in [4.69, 9.17) is 22.9 Å². The molecule has 49 heavy (non-hydrogen) atoms. The molecular weight excluding hydrogens is 707 g/mol. The highest BCUT2D eigenvalue weighted by molar-refractivity contribution is 5.96. The molecule has 0 spiro atoms. The van der Waals surface area contributed by atoms with Crippen molar-refractivity contribution in [2.45, 2.75) is 62.4 Å². The topological polar surface area (TPSA) is 298 Å². The molecule has 5 atom stereocenters. The van der Waals surface area contributed by atoms with Gasteiger partial charge in [0.2, 0.25) is 29.5 Å². The van der Waals surface area contributed by atoms with Crippen LogP contribution in [0.2, 0.25) is 0 Å². The van der Waals surface area contributed by atoms with Crippen LogP contribution in [-0.4, -0.2) is 94.8 Å². The summed E-state index contributed by atoms with van der Waals surface area (Å²) in [5.41, 5.74) is 24.3. The summed E-state index contributed by atoms with van der Waals surface area (Å²) in [5.74, 6) is -4.40. The number of fused-ring (bicyclic) bond motifs is 5. The zero-order valence-corrected chi connectivity index (χ0v) is 28.9. The highest BCUT2D eigenvalue weighted by Crippen LogP contribution is 2.31. The molecular formula is C30H45Cl3N8O8. The van der Waals surface area contributed by atoms with Gasteiger partial charge in [0, 0.05) is 25.9 Å². The summed E-state index contributed by atoms with van der Waals surface area (Å²) in [6.45, 7) is -0.216. The van der Waals surface area contributed by atoms with Gasteiger partial charge in [-0.25, -0.2) is 0 Å². The Hall–Kier alpha value is -3.90. The predicted octanol–water partition coefficient (Wildman–Crippen LogP) is -2.04. The molecule has 4 bridgehead atoms. The highest BCUT2D eigenvalue weighted by atomic mass is 35.5. The van der Waals surface area contributed by atoms with Crippen molar-refractivity contribution in [3.05, 3.63) is 47.5 Å². The number of carbonyl (C=O) groups is 5. The molecule has 5 amide bonds. The maximum atomic E-state index is 13.7. The van der Waals surface area contributed by atoms with Crippen molar-refractivity contribution in [3.63, 3.8) is 0 Å². The summed E-state index contributed by atoms with van der Waals surface area (Å²) < 4.78 is 0. The molecule has 0 aliphatic carbocycles. The maximum Gasteiger partial charge on any atom is 0.243 e. The minimum Gasteiger partial charge on any atom is -0.508 e. The van der Waals surface area contributed by atoms with Gasteiger partial charge < -0.3 is 59.5 Å². The van der Waals surface area contributed by atoms with Crippen LogP contribution in [-0.2, 0) is 36.8 Å². The van der Waals surface area contributed by atoms with Crippen LogP contribution in [0.25, 0.3) is 11.1 Å². The Morgan fingerprint density at radius 1 is 0.898 bits per heavy atom. The fraction of sp³-hybridized carbons (Fsp3) is 0.433. The first-order valence-electron chi connectivity index (χ1n) is 14.8. The van der Waals surface area contributed by atoms with Crippen molar-refractivity contribution in [1.82, 2.24) is 21.3 Å². The molecule has 1 aliphatic heterocycles. The lowest BCUT2D eigenvalue weighted by Gasteiger charge is -2.26. The third kappa shape index (κ3) is 13.1. The number of benzene rings is 2. The lowest BCUT2D eigenvalue weighted by Crippen LogP contribution is -2.59. The number of amides is 5. The number of carbonyl (C=O) groups excluding carboxylic acids is 5. The molecule has 274 valence electrons. The highest BCUT2D eigenvalue weighted by Gasteiger charge is 2.32. The lowest BCUT2D eigenvalue weighted by molar-refractivity contribution is -0.134. The second-order valence-corrected chi connectivity index (χ2v) is 11.1. The number of nitrogens with one attached hydrogen (secondary N) is 4. The lowest BCUT2D eigenvalue weighted by atomic mass is 9.95. The van der Waals surface area contributed by atoms with Crippen LogP contribution < -0.4 is 44.2 Å². The van der Waals surface area contributed by atoms with E-state index in [2.05, 4.69) is 21.3 Å². The van der Waals surface area contributed by atoms with E-state index < -0.39 is 66.2 Å². The number of phenols is 2. The summed E-state index contributed by atoms with van der Waals surface area (Å²) in [6, 6.07) is 4.08. The molecule has 19 heteroatoms. The van der Waals surface area contributed by atoms with Crippen LogP contribution in [0.15, 0.2) is 36.4 Å². The molecule has 15 N–H and O–H groups in total. The average Bonchev–Trinajstić information content (AvgIpc) is 3.02. The number of halogens is 3. The quantitative estimate of drug-likeness (QED) is 0.119. The van der Waals surface area contributed by atoms with Gasteiger partial charge in [0.25, 0.3) is 0 Å². The fourth-order valence-electron chi connectivity index (χ4n) is 4.87. The number of phenolic OH excluding ortho intramolecular Hbond substituents is 2. The van der Waals surface area contributed by atoms with Crippen molar-refractivity contribution in [3.8, 4) is 22.6 Å². The molecule has 3 rings (SSSR count). The molecule has 0 aromatic heterocycles. The first-order chi connectivity index (χ1) is 21.8. The fourth-order valence-corrected chi connectivity index (χ4v) is 4.87. The van der Waals surface area contributed by atoms with E-state index in [-0.39, 0.29) is 93.2 Å². The Kier molecular flexibility index (Phi) is 19.6. The normalized spacial score (nSPS) is 18.6. The molecule has 1 heterocycles. The molecule has 1 aliphatic rings. The molecule has 1 unspecified atom stereocenters. The van der Waals surface area contributed by atoms with Gasteiger partial charge in [0.1, 0.15) is 29.6 Å². The van der Waals surface area contributed by atoms with Gasteiger partial charge >= 0.3 is 0 Å². The summed E-state index contributed by atoms with van der Waals surface area (Å²) >= 11 is 0. The largest absolute Gasteiger partial charge is 0.508 e. The van der Waals surface area contributed by atoms with E-state index >= 15 is 0 Å². The zero-order valence-electron chi connectivity index (χ0n) is 26.4. The van der Waals surface area contributed by atoms with Gasteiger partial charge in [-0.2, -0.15) is 0 Å². The van der Waals surface area contributed by atoms with E-state index in [1.165, 1.54) is 12.1 Å². The van der Waals surface area contributed by atoms with Crippen molar-refractivity contribution in [2.75, 3.05) is 19.6 Å². The molecule has 2 aromatic rings. The smallest absolute Gasteiger partial charge is 0.243 e. The Labute approximate surface area is 301 Å². The van der Waals surface area contributed by atoms with Gasteiger partial charge in [-0.15, -0.1) is 37.2 Å². The Bertz CT molecular complexity index is 1450. The van der Waals surface area contributed by atoms with Crippen LogP contribution in [0.3, 0.4) is 0 Å². The van der Waals surface area contributed by atoms with Crippen LogP contribution in [0.4, 0.5) is 0 Å². The van der Waals surface area contributed by atoms with Crippen molar-refractivity contribution in [2.24, 2.45) is 22.9 Å². The van der Waals surface area contributed by atoms with Crippen molar-refractivity contribution < 1.29 is 39.3 Å². The predicted molar refractivity (Wildman–Crippen MR) is 188 cm³/mol. The monoisotopic (exact) mass is 750 g/mol. The van der Waals surface area contributed by atoms with E-state index in [9.17, 15) is 39.3 Å². The molecule has 16 nitrogen and oxygen atoms in total. The third-order valence-corrected chi connectivity index (χ3v) is 7.48. The Morgan fingerprint density at radius 3 is 2.00 bits per heavy atom. The first kappa shape index (κ1) is 45.1. The van der Waals surface area contributed by atoms with E-state index in [1.54, 1.807) is 24.3 Å². The molecule has 0 radical (unpaired) electrons. The van der Waals surface area contributed by atoms with Gasteiger partial charge in [0.05, 0.1) is 18.6 Å². The van der Waals surface area contributed by atoms with E-state index in [1.807, 2.05) is 0 Å². The second kappa shape index (κ2) is 21.2. The average molecular weight is 752 g/mol. The van der Waals surface area contributed by atoms with Gasteiger partial charge in [-0.3, -0.25) is 24.0 Å². The number of hydrogen-bond acceptors (Lipinski definition) is 11. The summed E-state index contributed by atoms with van der Waals surface area (Å²) in [4.78, 5) is 64.9. The zero-order chi connectivity index (χ0) is 34.0. The van der Waals surface area contributed by atoms with Crippen molar-refractivity contribution >= 4 is 66.8 Å². The number of rotatable bonds is 11. The van der Waals surface area contributed by atoms with Gasteiger partial charge in [-0.05, 0) is 65.9 Å². The summed E-state index contributed by atoms with van der Waals surface area (Å²) in [5, 5.41) is 40.9. The molecule has 2 aromatic carbocycles. The van der Waals surface area contributed by atoms with Crippen LogP contribution in [0.5, 0.6) is 11.5 Å². The number of aromatic hydroxyl groups is 2. The SMILES string of the molecule is Cl.Cl.Cl.NCCC[C@@H]1NC(=O)[C@@H](N)Cc2cc(ccc2O)-c2ccc(O)c(c2)C[C@@H](C(=O)N[C@@H](CC(N)=O)C(=O)NCC(O)CN)NC1=O. The molecule has 0 fully saturated rings. The number of primary amides is 1. The second-order valence-electron chi connectivity index (χ2n) is 11.1. The van der Waals surface area contributed by atoms with Crippen LogP contribution in [0, 0.1) is 0 Å². The maximum absolute atomic E-state index is 13.7. The van der Waals surface area contributed by atoms with E-state index in [0.29, 0.717) is 23.1 Å². The molecule has 0 saturated heterocycles. The standard InChI is InChI=1S/C30H42N8O8.3ClH/c31-7-1-2-21-29(45)37-22(30(46)38-23(12-26(34)42)28(44)35-14-19(39)13-32)11-18-9-16(4-6-25(18)41)15-3-5-24(40)17(8-15)10-20(33)27(43)36-21;;;/h3-6,8-9,19-23,39-41H,1-2,7,10-14,31-33H2,(H2,34,42)(H,35,44)(H,36,43)(H,37,45)(H,38,46);3*1H/t19?,20-,21-,22-,23-;;;/m0.../s1. The van der Waals surface area contributed by atoms with E-state index in [0.717, 1.165) is 0 Å². The third-order valence-electron chi connectivity index (χ3n) is 7.48. The Morgan fingerprint density at radius 2 is 1.47 bits per heavy atom. The van der Waals surface area contributed by atoms with Crippen LogP contribution >= 0.6 is 37.2 Å². The summed E-state index contributed by atoms with van der Waals surface area (Å²) in [7, 11) is 0. The molecule has 0 saturated carbocycles. The van der Waals surface area contributed by atoms with Crippen molar-refractivity contribution in [1.29, 1.82) is 0 Å². The van der Waals surface area contributed by atoms with Gasteiger partial charge in [-0.1, -0.05) is 12.1 Å². The minimum atomic E-state index is -1.48. The Balaban J connectivity index is 0.00000768. The van der Waals surface area contributed by atoms with Gasteiger partial charge in [0.15, 0.2) is 0 Å². The summed E-state index contributed by atoms with van der Waals surface area (Å²) in [6.07, 6.45) is -1.61. The number of aliphatic hydroxyl groups is 1. The number of hydrogen-bond donors (Lipinski definition) is 11. The minimum absolute atomic E-state index is 0.